The summed E-state index contributed by atoms with van der Waals surface area (Å²) < 4.78 is 9.52. The third kappa shape index (κ3) is 1.80. The standard InChI is InChI=1S/C12H14N2O3/c1-6-7(2)14-11-9(17-12(15)16-3)5-4-8(13)10(6)11/h4-5,14H,13H2,1-3H3. The number of carbonyl (C=O) groups excluding carboxylic acids is 1. The third-order valence-electron chi connectivity index (χ3n) is 2.81. The van der Waals surface area contributed by atoms with Gasteiger partial charge >= 0.3 is 6.16 Å². The summed E-state index contributed by atoms with van der Waals surface area (Å²) in [6.45, 7) is 3.91. The second-order valence-corrected chi connectivity index (χ2v) is 3.83. The Morgan fingerprint density at radius 1 is 1.35 bits per heavy atom. The molecule has 0 spiro atoms. The van der Waals surface area contributed by atoms with E-state index in [-0.39, 0.29) is 0 Å². The number of aromatic nitrogens is 1. The van der Waals surface area contributed by atoms with Crippen molar-refractivity contribution < 1.29 is 14.3 Å². The topological polar surface area (TPSA) is 77.3 Å². The first-order valence-electron chi connectivity index (χ1n) is 5.17. The van der Waals surface area contributed by atoms with Crippen LogP contribution in [0.2, 0.25) is 0 Å². The van der Waals surface area contributed by atoms with Gasteiger partial charge in [-0.25, -0.2) is 4.79 Å². The lowest BCUT2D eigenvalue weighted by atomic mass is 10.1. The number of carbonyl (C=O) groups is 1. The molecule has 0 unspecified atom stereocenters. The maximum atomic E-state index is 11.1. The number of hydrogen-bond acceptors (Lipinski definition) is 4. The van der Waals surface area contributed by atoms with Crippen molar-refractivity contribution in [2.75, 3.05) is 12.8 Å². The minimum absolute atomic E-state index is 0.414. The highest BCUT2D eigenvalue weighted by Crippen LogP contribution is 2.33. The van der Waals surface area contributed by atoms with Crippen LogP contribution in [0.4, 0.5) is 10.5 Å². The molecule has 1 heterocycles. The van der Waals surface area contributed by atoms with Crippen molar-refractivity contribution in [1.29, 1.82) is 0 Å². The first kappa shape index (κ1) is 11.3. The molecule has 0 amide bonds. The number of nitrogens with two attached hydrogens (primary N) is 1. The monoisotopic (exact) mass is 234 g/mol. The third-order valence-corrected chi connectivity index (χ3v) is 2.81. The van der Waals surface area contributed by atoms with Crippen LogP contribution in [-0.2, 0) is 4.74 Å². The van der Waals surface area contributed by atoms with Gasteiger partial charge in [-0.15, -0.1) is 0 Å². The zero-order valence-corrected chi connectivity index (χ0v) is 9.96. The molecule has 0 saturated carbocycles. The van der Waals surface area contributed by atoms with Crippen molar-refractivity contribution in [3.8, 4) is 5.75 Å². The lowest BCUT2D eigenvalue weighted by Gasteiger charge is -2.05. The van der Waals surface area contributed by atoms with Crippen molar-refractivity contribution in [3.05, 3.63) is 23.4 Å². The fourth-order valence-electron chi connectivity index (χ4n) is 1.81. The summed E-state index contributed by atoms with van der Waals surface area (Å²) >= 11 is 0. The van der Waals surface area contributed by atoms with E-state index in [2.05, 4.69) is 9.72 Å². The lowest BCUT2D eigenvalue weighted by Crippen LogP contribution is -2.07. The van der Waals surface area contributed by atoms with E-state index in [1.807, 2.05) is 13.8 Å². The van der Waals surface area contributed by atoms with Gasteiger partial charge in [-0.2, -0.15) is 0 Å². The Labute approximate surface area is 98.5 Å². The molecule has 3 N–H and O–H groups in total. The van der Waals surface area contributed by atoms with E-state index in [0.717, 1.165) is 16.6 Å². The molecule has 0 atom stereocenters. The molecule has 5 nitrogen and oxygen atoms in total. The van der Waals surface area contributed by atoms with E-state index in [1.54, 1.807) is 12.1 Å². The Morgan fingerprint density at radius 3 is 2.71 bits per heavy atom. The van der Waals surface area contributed by atoms with E-state index in [4.69, 9.17) is 10.5 Å². The van der Waals surface area contributed by atoms with Gasteiger partial charge in [0.1, 0.15) is 0 Å². The fourth-order valence-corrected chi connectivity index (χ4v) is 1.81. The van der Waals surface area contributed by atoms with Crippen molar-refractivity contribution >= 4 is 22.7 Å². The quantitative estimate of drug-likeness (QED) is 0.451. The molecule has 17 heavy (non-hydrogen) atoms. The van der Waals surface area contributed by atoms with Gasteiger partial charge in [0, 0.05) is 16.8 Å². The van der Waals surface area contributed by atoms with Gasteiger partial charge in [0.25, 0.3) is 0 Å². The summed E-state index contributed by atoms with van der Waals surface area (Å²) in [4.78, 5) is 14.3. The van der Waals surface area contributed by atoms with Crippen LogP contribution < -0.4 is 10.5 Å². The number of H-pyrrole nitrogens is 1. The lowest BCUT2D eigenvalue weighted by molar-refractivity contribution is 0.122. The number of methoxy groups -OCH3 is 1. The Bertz CT molecular complexity index is 587. The number of ether oxygens (including phenoxy) is 2. The maximum Gasteiger partial charge on any atom is 0.513 e. The minimum atomic E-state index is -0.749. The number of rotatable bonds is 1. The van der Waals surface area contributed by atoms with Crippen LogP contribution >= 0.6 is 0 Å². The SMILES string of the molecule is COC(=O)Oc1ccc(N)c2c(C)c(C)[nH]c12. The van der Waals surface area contributed by atoms with Crippen LogP contribution in [-0.4, -0.2) is 18.2 Å². The highest BCUT2D eigenvalue weighted by molar-refractivity contribution is 5.99. The van der Waals surface area contributed by atoms with Crippen molar-refractivity contribution in [3.63, 3.8) is 0 Å². The molecule has 0 fully saturated rings. The number of aryl methyl sites for hydroxylation is 2. The zero-order chi connectivity index (χ0) is 12.6. The number of nitrogens with one attached hydrogen (secondary N) is 1. The molecule has 1 aromatic heterocycles. The Balaban J connectivity index is 2.62. The maximum absolute atomic E-state index is 11.1. The first-order valence-corrected chi connectivity index (χ1v) is 5.17. The minimum Gasteiger partial charge on any atom is -0.437 e. The molecular weight excluding hydrogens is 220 g/mol. The summed E-state index contributed by atoms with van der Waals surface area (Å²) in [5.41, 5.74) is 9.32. The molecule has 0 aliphatic heterocycles. The largest absolute Gasteiger partial charge is 0.513 e. The summed E-state index contributed by atoms with van der Waals surface area (Å²) in [5, 5.41) is 0.879. The number of anilines is 1. The average Bonchev–Trinajstić information content (AvgIpc) is 2.60. The average molecular weight is 234 g/mol. The number of aromatic amines is 1. The van der Waals surface area contributed by atoms with Crippen LogP contribution in [0.5, 0.6) is 5.75 Å². The van der Waals surface area contributed by atoms with Gasteiger partial charge in [0.05, 0.1) is 12.6 Å². The van der Waals surface area contributed by atoms with Gasteiger partial charge < -0.3 is 20.2 Å². The van der Waals surface area contributed by atoms with Crippen molar-refractivity contribution in [2.24, 2.45) is 0 Å². The summed E-state index contributed by atoms with van der Waals surface area (Å²) in [6, 6.07) is 3.35. The predicted octanol–water partition coefficient (Wildman–Crippen LogP) is 2.51. The fraction of sp³-hybridized carbons (Fsp3) is 0.250. The predicted molar refractivity (Wildman–Crippen MR) is 65.2 cm³/mol. The van der Waals surface area contributed by atoms with E-state index in [1.165, 1.54) is 7.11 Å². The van der Waals surface area contributed by atoms with Crippen LogP contribution in [0.15, 0.2) is 12.1 Å². The summed E-state index contributed by atoms with van der Waals surface area (Å²) in [5.74, 6) is 0.414. The Morgan fingerprint density at radius 2 is 2.06 bits per heavy atom. The zero-order valence-electron chi connectivity index (χ0n) is 9.96. The summed E-state index contributed by atoms with van der Waals surface area (Å²) in [6.07, 6.45) is -0.749. The molecule has 90 valence electrons. The van der Waals surface area contributed by atoms with Gasteiger partial charge in [-0.05, 0) is 31.5 Å². The smallest absolute Gasteiger partial charge is 0.437 e. The number of hydrogen-bond donors (Lipinski definition) is 2. The Kier molecular flexibility index (Phi) is 2.67. The highest BCUT2D eigenvalue weighted by Gasteiger charge is 2.14. The van der Waals surface area contributed by atoms with Crippen LogP contribution in [0.1, 0.15) is 11.3 Å². The molecule has 2 aromatic rings. The van der Waals surface area contributed by atoms with E-state index in [9.17, 15) is 4.79 Å². The molecule has 0 aliphatic carbocycles. The molecular formula is C12H14N2O3. The molecule has 0 aliphatic rings. The van der Waals surface area contributed by atoms with E-state index in [0.29, 0.717) is 17.0 Å². The Hall–Kier alpha value is -2.17. The van der Waals surface area contributed by atoms with E-state index >= 15 is 0 Å². The second-order valence-electron chi connectivity index (χ2n) is 3.83. The molecule has 1 aromatic carbocycles. The van der Waals surface area contributed by atoms with Crippen molar-refractivity contribution in [1.82, 2.24) is 4.98 Å². The van der Waals surface area contributed by atoms with Crippen LogP contribution in [0, 0.1) is 13.8 Å². The molecule has 0 saturated heterocycles. The van der Waals surface area contributed by atoms with Gasteiger partial charge in [-0.1, -0.05) is 0 Å². The molecule has 5 heteroatoms. The van der Waals surface area contributed by atoms with Crippen LogP contribution in [0.25, 0.3) is 10.9 Å². The number of benzene rings is 1. The molecule has 0 bridgehead atoms. The first-order chi connectivity index (χ1) is 8.04. The van der Waals surface area contributed by atoms with Gasteiger partial charge in [0.2, 0.25) is 0 Å². The van der Waals surface area contributed by atoms with Crippen LogP contribution in [0.3, 0.4) is 0 Å². The second kappa shape index (κ2) is 4.01. The number of nitrogen functional groups attached to an aromatic ring is 1. The van der Waals surface area contributed by atoms with Gasteiger partial charge in [0.15, 0.2) is 5.75 Å². The van der Waals surface area contributed by atoms with Gasteiger partial charge in [-0.3, -0.25) is 0 Å². The van der Waals surface area contributed by atoms with E-state index < -0.39 is 6.16 Å². The highest BCUT2D eigenvalue weighted by atomic mass is 16.7. The normalized spacial score (nSPS) is 10.5. The molecule has 2 rings (SSSR count). The summed E-state index contributed by atoms with van der Waals surface area (Å²) in [7, 11) is 1.27. The number of fused-ring (bicyclic) bond motifs is 1. The van der Waals surface area contributed by atoms with Crippen molar-refractivity contribution in [2.45, 2.75) is 13.8 Å². The molecule has 0 radical (unpaired) electrons.